The van der Waals surface area contributed by atoms with E-state index in [4.69, 9.17) is 10.5 Å². The molecule has 7 nitrogen and oxygen atoms in total. The number of methoxy groups -OCH3 is 1. The SMILES string of the molecule is COCc1cc(CNC(=O)[C@H]2C[C@H](N)[C@@H](O)C2)[nH]n1.Cl. The van der Waals surface area contributed by atoms with Crippen molar-refractivity contribution in [2.45, 2.75) is 38.1 Å². The number of carbonyl (C=O) groups is 1. The van der Waals surface area contributed by atoms with Crippen molar-refractivity contribution in [3.8, 4) is 0 Å². The summed E-state index contributed by atoms with van der Waals surface area (Å²) < 4.78 is 4.96. The number of ether oxygens (including phenoxy) is 1. The normalized spacial score (nSPS) is 25.2. The van der Waals surface area contributed by atoms with Crippen LogP contribution in [0.1, 0.15) is 24.2 Å². The number of aliphatic hydroxyl groups excluding tert-OH is 1. The monoisotopic (exact) mass is 304 g/mol. The van der Waals surface area contributed by atoms with E-state index in [0.29, 0.717) is 26.0 Å². The van der Waals surface area contributed by atoms with Crippen LogP contribution < -0.4 is 11.1 Å². The second-order valence-corrected chi connectivity index (χ2v) is 4.93. The summed E-state index contributed by atoms with van der Waals surface area (Å²) in [5, 5.41) is 19.2. The van der Waals surface area contributed by atoms with Crippen LogP contribution in [0.5, 0.6) is 0 Å². The van der Waals surface area contributed by atoms with Gasteiger partial charge in [-0.25, -0.2) is 0 Å². The summed E-state index contributed by atoms with van der Waals surface area (Å²) in [6.45, 7) is 0.825. The molecule has 1 amide bonds. The maximum absolute atomic E-state index is 11.9. The van der Waals surface area contributed by atoms with E-state index in [0.717, 1.165) is 11.4 Å². The second kappa shape index (κ2) is 7.58. The van der Waals surface area contributed by atoms with Crippen molar-refractivity contribution in [3.63, 3.8) is 0 Å². The Kier molecular flexibility index (Phi) is 6.41. The predicted octanol–water partition coefficient (Wildman–Crippen LogP) is -0.308. The Balaban J connectivity index is 0.00000200. The molecule has 1 aliphatic carbocycles. The maximum Gasteiger partial charge on any atom is 0.223 e. The molecule has 1 saturated carbocycles. The number of amides is 1. The Morgan fingerprint density at radius 3 is 3.00 bits per heavy atom. The molecule has 1 aromatic heterocycles. The van der Waals surface area contributed by atoms with Gasteiger partial charge >= 0.3 is 0 Å². The van der Waals surface area contributed by atoms with Crippen LogP contribution in [0.3, 0.4) is 0 Å². The number of aliphatic hydroxyl groups is 1. The van der Waals surface area contributed by atoms with Crippen LogP contribution in [-0.4, -0.2) is 40.5 Å². The van der Waals surface area contributed by atoms with Gasteiger partial charge in [0.05, 0.1) is 30.6 Å². The van der Waals surface area contributed by atoms with Gasteiger partial charge in [-0.2, -0.15) is 5.10 Å². The Morgan fingerprint density at radius 1 is 1.65 bits per heavy atom. The molecule has 1 aliphatic rings. The first-order valence-corrected chi connectivity index (χ1v) is 6.33. The summed E-state index contributed by atoms with van der Waals surface area (Å²) in [5.41, 5.74) is 7.31. The molecular formula is C12H21ClN4O3. The van der Waals surface area contributed by atoms with Gasteiger partial charge in [0.2, 0.25) is 5.91 Å². The second-order valence-electron chi connectivity index (χ2n) is 4.93. The van der Waals surface area contributed by atoms with Crippen molar-refractivity contribution in [3.05, 3.63) is 17.5 Å². The number of aromatic amines is 1. The van der Waals surface area contributed by atoms with Gasteiger partial charge in [0.1, 0.15) is 0 Å². The molecule has 114 valence electrons. The fourth-order valence-electron chi connectivity index (χ4n) is 2.31. The van der Waals surface area contributed by atoms with E-state index < -0.39 is 6.10 Å². The van der Waals surface area contributed by atoms with Crippen molar-refractivity contribution in [2.24, 2.45) is 11.7 Å². The minimum absolute atomic E-state index is 0. The first-order valence-electron chi connectivity index (χ1n) is 6.33. The van der Waals surface area contributed by atoms with E-state index in [9.17, 15) is 9.90 Å². The molecule has 1 fully saturated rings. The zero-order valence-electron chi connectivity index (χ0n) is 11.3. The Morgan fingerprint density at radius 2 is 2.40 bits per heavy atom. The largest absolute Gasteiger partial charge is 0.391 e. The molecule has 3 atom stereocenters. The summed E-state index contributed by atoms with van der Waals surface area (Å²) in [4.78, 5) is 11.9. The van der Waals surface area contributed by atoms with Crippen LogP contribution in [0.25, 0.3) is 0 Å². The van der Waals surface area contributed by atoms with Crippen LogP contribution in [0.2, 0.25) is 0 Å². The summed E-state index contributed by atoms with van der Waals surface area (Å²) in [5.74, 6) is -0.277. The van der Waals surface area contributed by atoms with Crippen molar-refractivity contribution in [1.82, 2.24) is 15.5 Å². The molecule has 0 saturated heterocycles. The van der Waals surface area contributed by atoms with Gasteiger partial charge in [-0.05, 0) is 18.9 Å². The minimum Gasteiger partial charge on any atom is -0.391 e. The topological polar surface area (TPSA) is 113 Å². The molecule has 20 heavy (non-hydrogen) atoms. The van der Waals surface area contributed by atoms with Gasteiger partial charge in [0.25, 0.3) is 0 Å². The van der Waals surface area contributed by atoms with Crippen molar-refractivity contribution >= 4 is 18.3 Å². The standard InChI is InChI=1S/C12H20N4O3.ClH/c1-19-6-9-4-8(15-16-9)5-14-12(18)7-2-10(13)11(17)3-7;/h4,7,10-11,17H,2-3,5-6,13H2,1H3,(H,14,18)(H,15,16);1H/t7-,10-,11-;/m0./s1. The average Bonchev–Trinajstić information content (AvgIpc) is 2.95. The lowest BCUT2D eigenvalue weighted by molar-refractivity contribution is -0.125. The number of hydrogen-bond donors (Lipinski definition) is 4. The molecule has 1 heterocycles. The lowest BCUT2D eigenvalue weighted by Crippen LogP contribution is -2.30. The van der Waals surface area contributed by atoms with Gasteiger partial charge in [0, 0.05) is 19.1 Å². The maximum atomic E-state index is 11.9. The van der Waals surface area contributed by atoms with Gasteiger partial charge in [0.15, 0.2) is 0 Å². The van der Waals surface area contributed by atoms with E-state index in [2.05, 4.69) is 15.5 Å². The predicted molar refractivity (Wildman–Crippen MR) is 75.1 cm³/mol. The van der Waals surface area contributed by atoms with Crippen LogP contribution >= 0.6 is 12.4 Å². The van der Waals surface area contributed by atoms with Gasteiger partial charge in [-0.15, -0.1) is 12.4 Å². The number of hydrogen-bond acceptors (Lipinski definition) is 5. The Labute approximate surface area is 123 Å². The minimum atomic E-state index is -0.573. The van der Waals surface area contributed by atoms with E-state index in [1.54, 1.807) is 7.11 Å². The first-order chi connectivity index (χ1) is 9.10. The Bertz CT molecular complexity index is 430. The lowest BCUT2D eigenvalue weighted by atomic mass is 10.1. The zero-order chi connectivity index (χ0) is 13.8. The van der Waals surface area contributed by atoms with Crippen LogP contribution in [0.4, 0.5) is 0 Å². The van der Waals surface area contributed by atoms with Gasteiger partial charge < -0.3 is 20.9 Å². The molecule has 1 aromatic rings. The number of nitrogens with one attached hydrogen (secondary N) is 2. The van der Waals surface area contributed by atoms with Gasteiger partial charge in [-0.1, -0.05) is 0 Å². The number of nitrogens with zero attached hydrogens (tertiary/aromatic N) is 1. The van der Waals surface area contributed by atoms with E-state index >= 15 is 0 Å². The molecule has 0 unspecified atom stereocenters. The fraction of sp³-hybridized carbons (Fsp3) is 0.667. The molecule has 0 spiro atoms. The third kappa shape index (κ3) is 4.17. The molecule has 0 radical (unpaired) electrons. The lowest BCUT2D eigenvalue weighted by Gasteiger charge is -2.09. The summed E-state index contributed by atoms with van der Waals surface area (Å²) in [6, 6.07) is 1.55. The van der Waals surface area contributed by atoms with Crippen molar-refractivity contribution in [2.75, 3.05) is 7.11 Å². The molecule has 0 aliphatic heterocycles. The number of aromatic nitrogens is 2. The first kappa shape index (κ1) is 16.9. The highest BCUT2D eigenvalue weighted by atomic mass is 35.5. The van der Waals surface area contributed by atoms with Crippen molar-refractivity contribution in [1.29, 1.82) is 0 Å². The molecule has 2 rings (SSSR count). The third-order valence-corrected chi connectivity index (χ3v) is 3.38. The summed E-state index contributed by atoms with van der Waals surface area (Å²) >= 11 is 0. The number of rotatable bonds is 5. The zero-order valence-corrected chi connectivity index (χ0v) is 12.2. The molecule has 0 aromatic carbocycles. The highest BCUT2D eigenvalue weighted by Crippen LogP contribution is 2.24. The highest BCUT2D eigenvalue weighted by molar-refractivity contribution is 5.85. The van der Waals surface area contributed by atoms with Gasteiger partial charge in [-0.3, -0.25) is 9.89 Å². The summed E-state index contributed by atoms with van der Waals surface area (Å²) in [6.07, 6.45) is 0.395. The molecule has 5 N–H and O–H groups in total. The number of H-pyrrole nitrogens is 1. The number of carbonyl (C=O) groups excluding carboxylic acids is 1. The van der Waals surface area contributed by atoms with Crippen LogP contribution in [0, 0.1) is 5.92 Å². The quantitative estimate of drug-likeness (QED) is 0.596. The third-order valence-electron chi connectivity index (χ3n) is 3.38. The fourth-order valence-corrected chi connectivity index (χ4v) is 2.31. The highest BCUT2D eigenvalue weighted by Gasteiger charge is 2.34. The molecule has 8 heteroatoms. The van der Waals surface area contributed by atoms with Crippen LogP contribution in [0.15, 0.2) is 6.07 Å². The summed E-state index contributed by atoms with van der Waals surface area (Å²) in [7, 11) is 1.60. The average molecular weight is 305 g/mol. The van der Waals surface area contributed by atoms with E-state index in [-0.39, 0.29) is 30.3 Å². The number of halogens is 1. The molecular weight excluding hydrogens is 284 g/mol. The van der Waals surface area contributed by atoms with E-state index in [1.165, 1.54) is 0 Å². The smallest absolute Gasteiger partial charge is 0.223 e. The van der Waals surface area contributed by atoms with Crippen molar-refractivity contribution < 1.29 is 14.6 Å². The number of nitrogens with two attached hydrogens (primary N) is 1. The molecule has 0 bridgehead atoms. The van der Waals surface area contributed by atoms with Crippen LogP contribution in [-0.2, 0) is 22.7 Å². The Hall–Kier alpha value is -1.15. The van der Waals surface area contributed by atoms with E-state index in [1.807, 2.05) is 6.07 Å².